The van der Waals surface area contributed by atoms with Crippen LogP contribution in [0.25, 0.3) is 0 Å². The summed E-state index contributed by atoms with van der Waals surface area (Å²) in [7, 11) is -2.72. The van der Waals surface area contributed by atoms with Gasteiger partial charge in [-0.25, -0.2) is 8.42 Å². The molecule has 0 radical (unpaired) electrons. The summed E-state index contributed by atoms with van der Waals surface area (Å²) in [6, 6.07) is 20.0. The highest BCUT2D eigenvalue weighted by Crippen LogP contribution is 2.33. The van der Waals surface area contributed by atoms with Gasteiger partial charge in [0.2, 0.25) is 11.8 Å². The average molecular weight is 580 g/mol. The summed E-state index contributed by atoms with van der Waals surface area (Å²) in [5.74, 6) is -0.455. The molecule has 3 aromatic carbocycles. The van der Waals surface area contributed by atoms with Crippen molar-refractivity contribution in [2.75, 3.05) is 18.0 Å². The predicted octanol–water partition coefficient (Wildman–Crippen LogP) is 5.23. The molecule has 0 spiro atoms. The molecular formula is C32H41N3O5S. The fourth-order valence-electron chi connectivity index (χ4n) is 4.60. The summed E-state index contributed by atoms with van der Waals surface area (Å²) >= 11 is 0. The lowest BCUT2D eigenvalue weighted by molar-refractivity contribution is -0.140. The average Bonchev–Trinajstić information content (AvgIpc) is 2.96. The van der Waals surface area contributed by atoms with Gasteiger partial charge in [-0.2, -0.15) is 0 Å². The highest BCUT2D eigenvalue weighted by Gasteiger charge is 2.35. The maximum absolute atomic E-state index is 14.2. The van der Waals surface area contributed by atoms with E-state index in [2.05, 4.69) is 5.32 Å². The van der Waals surface area contributed by atoms with Crippen LogP contribution < -0.4 is 14.4 Å². The van der Waals surface area contributed by atoms with Gasteiger partial charge < -0.3 is 15.0 Å². The van der Waals surface area contributed by atoms with Crippen molar-refractivity contribution in [1.29, 1.82) is 0 Å². The Hall–Kier alpha value is -3.85. The Kier molecular flexibility index (Phi) is 10.9. The number of amides is 2. The van der Waals surface area contributed by atoms with Gasteiger partial charge in [0.1, 0.15) is 18.3 Å². The number of aryl methyl sites for hydroxylation is 2. The zero-order valence-corrected chi connectivity index (χ0v) is 25.6. The Morgan fingerprint density at radius 3 is 2.20 bits per heavy atom. The fraction of sp³-hybridized carbons (Fsp3) is 0.375. The van der Waals surface area contributed by atoms with Crippen molar-refractivity contribution >= 4 is 27.5 Å². The van der Waals surface area contributed by atoms with E-state index in [9.17, 15) is 18.0 Å². The van der Waals surface area contributed by atoms with Crippen molar-refractivity contribution in [3.8, 4) is 5.75 Å². The first kappa shape index (κ1) is 31.7. The summed E-state index contributed by atoms with van der Waals surface area (Å²) in [5, 5.41) is 3.00. The Bertz CT molecular complexity index is 1440. The molecule has 2 atom stereocenters. The van der Waals surface area contributed by atoms with Crippen molar-refractivity contribution in [1.82, 2.24) is 10.2 Å². The number of anilines is 1. The van der Waals surface area contributed by atoms with E-state index in [1.165, 1.54) is 24.1 Å². The molecule has 0 aliphatic carbocycles. The molecule has 0 fully saturated rings. The summed E-state index contributed by atoms with van der Waals surface area (Å²) < 4.78 is 34.7. The lowest BCUT2D eigenvalue weighted by atomic mass is 10.1. The Morgan fingerprint density at radius 1 is 0.902 bits per heavy atom. The molecule has 0 aliphatic rings. The number of nitrogens with one attached hydrogen (secondary N) is 1. The Morgan fingerprint density at radius 2 is 1.59 bits per heavy atom. The molecular weight excluding hydrogens is 538 g/mol. The van der Waals surface area contributed by atoms with Crippen LogP contribution in [-0.2, 0) is 26.2 Å². The van der Waals surface area contributed by atoms with E-state index in [0.29, 0.717) is 12.2 Å². The minimum Gasteiger partial charge on any atom is -0.495 e. The van der Waals surface area contributed by atoms with Crippen LogP contribution in [-0.4, -0.2) is 50.9 Å². The smallest absolute Gasteiger partial charge is 0.264 e. The number of rotatable bonds is 13. The van der Waals surface area contributed by atoms with Gasteiger partial charge in [-0.1, -0.05) is 67.9 Å². The fourth-order valence-corrected chi connectivity index (χ4v) is 6.03. The number of benzene rings is 3. The van der Waals surface area contributed by atoms with E-state index in [4.69, 9.17) is 4.74 Å². The van der Waals surface area contributed by atoms with E-state index in [1.807, 2.05) is 65.0 Å². The normalized spacial score (nSPS) is 12.7. The molecule has 0 bridgehead atoms. The third-order valence-corrected chi connectivity index (χ3v) is 8.81. The number of carbonyl (C=O) groups is 2. The third kappa shape index (κ3) is 7.88. The van der Waals surface area contributed by atoms with Gasteiger partial charge in [-0.15, -0.1) is 0 Å². The minimum absolute atomic E-state index is 0.0446. The molecule has 9 heteroatoms. The second-order valence-corrected chi connectivity index (χ2v) is 12.1. The molecule has 0 aliphatic heterocycles. The summed E-state index contributed by atoms with van der Waals surface area (Å²) in [5.41, 5.74) is 2.92. The number of methoxy groups -OCH3 is 1. The standard InChI is InChI=1S/C32H41N3O5S/c1-7-25(5)33-32(37)28(8-2)34(21-26-14-12-13-23(3)19-26)31(36)22-35(29-20-24(4)17-18-30(29)40-6)41(38,39)27-15-10-9-11-16-27/h9-20,25,28H,7-8,21-22H2,1-6H3,(H,33,37). The molecule has 0 aromatic heterocycles. The predicted molar refractivity (Wildman–Crippen MR) is 162 cm³/mol. The molecule has 3 rings (SSSR count). The van der Waals surface area contributed by atoms with Gasteiger partial charge in [0.05, 0.1) is 17.7 Å². The van der Waals surface area contributed by atoms with Crippen LogP contribution in [0.3, 0.4) is 0 Å². The topological polar surface area (TPSA) is 96.0 Å². The lowest BCUT2D eigenvalue weighted by Gasteiger charge is -2.34. The van der Waals surface area contributed by atoms with Crippen LogP contribution in [0, 0.1) is 13.8 Å². The van der Waals surface area contributed by atoms with Crippen LogP contribution in [0.5, 0.6) is 5.75 Å². The van der Waals surface area contributed by atoms with Gasteiger partial charge in [0, 0.05) is 12.6 Å². The molecule has 2 amide bonds. The SMILES string of the molecule is CCC(C)NC(=O)C(CC)N(Cc1cccc(C)c1)C(=O)CN(c1cc(C)ccc1OC)S(=O)(=O)c1ccccc1. The first-order chi connectivity index (χ1) is 19.5. The van der Waals surface area contributed by atoms with Crippen LogP contribution >= 0.6 is 0 Å². The van der Waals surface area contributed by atoms with Gasteiger partial charge in [-0.3, -0.25) is 13.9 Å². The van der Waals surface area contributed by atoms with Crippen LogP contribution in [0.15, 0.2) is 77.7 Å². The largest absolute Gasteiger partial charge is 0.495 e. The first-order valence-electron chi connectivity index (χ1n) is 13.9. The number of ether oxygens (including phenoxy) is 1. The van der Waals surface area contributed by atoms with Crippen molar-refractivity contribution in [3.05, 3.63) is 89.5 Å². The number of hydrogen-bond donors (Lipinski definition) is 1. The number of sulfonamides is 1. The van der Waals surface area contributed by atoms with Gasteiger partial charge >= 0.3 is 0 Å². The van der Waals surface area contributed by atoms with Crippen molar-refractivity contribution in [3.63, 3.8) is 0 Å². The van der Waals surface area contributed by atoms with Crippen LogP contribution in [0.2, 0.25) is 0 Å². The molecule has 1 N–H and O–H groups in total. The lowest BCUT2D eigenvalue weighted by Crippen LogP contribution is -2.53. The number of nitrogens with zero attached hydrogens (tertiary/aromatic N) is 2. The van der Waals surface area contributed by atoms with Crippen molar-refractivity contribution in [2.45, 2.75) is 71.0 Å². The van der Waals surface area contributed by atoms with Crippen molar-refractivity contribution in [2.24, 2.45) is 0 Å². The van der Waals surface area contributed by atoms with E-state index in [1.54, 1.807) is 30.3 Å². The van der Waals surface area contributed by atoms with Crippen LogP contribution in [0.4, 0.5) is 5.69 Å². The number of carbonyl (C=O) groups excluding carboxylic acids is 2. The highest BCUT2D eigenvalue weighted by molar-refractivity contribution is 7.92. The minimum atomic E-state index is -4.18. The zero-order chi connectivity index (χ0) is 30.2. The summed E-state index contributed by atoms with van der Waals surface area (Å²) in [6.45, 7) is 9.17. The molecule has 3 aromatic rings. The van der Waals surface area contributed by atoms with E-state index >= 15 is 0 Å². The molecule has 220 valence electrons. The molecule has 0 heterocycles. The second-order valence-electron chi connectivity index (χ2n) is 10.3. The van der Waals surface area contributed by atoms with E-state index in [0.717, 1.165) is 27.4 Å². The van der Waals surface area contributed by atoms with Crippen molar-refractivity contribution < 1.29 is 22.7 Å². The Balaban J connectivity index is 2.12. The monoisotopic (exact) mass is 579 g/mol. The van der Waals surface area contributed by atoms with Gasteiger partial charge in [0.25, 0.3) is 10.0 Å². The second kappa shape index (κ2) is 14.2. The van der Waals surface area contributed by atoms with E-state index in [-0.39, 0.29) is 29.1 Å². The van der Waals surface area contributed by atoms with E-state index < -0.39 is 28.5 Å². The van der Waals surface area contributed by atoms with Gasteiger partial charge in [-0.05, 0) is 69.0 Å². The maximum Gasteiger partial charge on any atom is 0.264 e. The number of hydrogen-bond acceptors (Lipinski definition) is 5. The van der Waals surface area contributed by atoms with Crippen LogP contribution in [0.1, 0.15) is 50.3 Å². The highest BCUT2D eigenvalue weighted by atomic mass is 32.2. The molecule has 2 unspecified atom stereocenters. The van der Waals surface area contributed by atoms with Gasteiger partial charge in [0.15, 0.2) is 0 Å². The summed E-state index contributed by atoms with van der Waals surface area (Å²) in [4.78, 5) is 29.2. The first-order valence-corrected chi connectivity index (χ1v) is 15.3. The third-order valence-electron chi connectivity index (χ3n) is 7.04. The molecule has 0 saturated heterocycles. The quantitative estimate of drug-likeness (QED) is 0.299. The Labute approximate surface area is 244 Å². The molecule has 41 heavy (non-hydrogen) atoms. The summed E-state index contributed by atoms with van der Waals surface area (Å²) in [6.07, 6.45) is 1.10. The zero-order valence-electron chi connectivity index (χ0n) is 24.8. The maximum atomic E-state index is 14.2. The molecule has 8 nitrogen and oxygen atoms in total. The molecule has 0 saturated carbocycles.